The Balaban J connectivity index is 1.81. The molecule has 19 heavy (non-hydrogen) atoms. The molecule has 1 fully saturated rings. The number of carboxylic acid groups (broad SMARTS) is 1. The topological polar surface area (TPSA) is 69.6 Å². The Hall–Kier alpha value is -1.40. The third-order valence-electron chi connectivity index (χ3n) is 3.25. The van der Waals surface area contributed by atoms with Crippen LogP contribution in [-0.2, 0) is 11.3 Å². The molecule has 1 aromatic rings. The van der Waals surface area contributed by atoms with Gasteiger partial charge in [0.2, 0.25) is 5.91 Å². The molecule has 0 atom stereocenters. The summed E-state index contributed by atoms with van der Waals surface area (Å²) in [6.45, 7) is 4.21. The Morgan fingerprint density at radius 2 is 2.11 bits per heavy atom. The van der Waals surface area contributed by atoms with Crippen molar-refractivity contribution in [2.45, 2.75) is 32.4 Å². The molecule has 0 aromatic carbocycles. The fourth-order valence-corrected chi connectivity index (χ4v) is 3.21. The van der Waals surface area contributed by atoms with Crippen LogP contribution >= 0.6 is 11.3 Å². The summed E-state index contributed by atoms with van der Waals surface area (Å²) in [6, 6.07) is 3.83. The number of carboxylic acids is 1. The number of likely N-dealkylation sites (tertiary alicyclic amines) is 1. The number of nitrogens with one attached hydrogen (secondary N) is 1. The first-order valence-electron chi connectivity index (χ1n) is 6.36. The number of carbonyl (C=O) groups excluding carboxylic acids is 1. The van der Waals surface area contributed by atoms with Gasteiger partial charge in [-0.1, -0.05) is 0 Å². The monoisotopic (exact) mass is 282 g/mol. The molecule has 0 radical (unpaired) electrons. The largest absolute Gasteiger partial charge is 0.477 e. The quantitative estimate of drug-likeness (QED) is 0.879. The van der Waals surface area contributed by atoms with Crippen LogP contribution in [0, 0.1) is 0 Å². The Morgan fingerprint density at radius 3 is 2.63 bits per heavy atom. The Kier molecular flexibility index (Phi) is 4.55. The van der Waals surface area contributed by atoms with E-state index in [1.165, 1.54) is 11.3 Å². The highest BCUT2D eigenvalue weighted by molar-refractivity contribution is 7.13. The van der Waals surface area contributed by atoms with Gasteiger partial charge in [-0.15, -0.1) is 11.3 Å². The second-order valence-electron chi connectivity index (χ2n) is 4.82. The van der Waals surface area contributed by atoms with Crippen LogP contribution in [0.15, 0.2) is 12.1 Å². The maximum absolute atomic E-state index is 11.0. The van der Waals surface area contributed by atoms with E-state index < -0.39 is 5.97 Å². The van der Waals surface area contributed by atoms with E-state index in [4.69, 9.17) is 5.11 Å². The number of thiophene rings is 1. The zero-order chi connectivity index (χ0) is 13.8. The van der Waals surface area contributed by atoms with Crippen molar-refractivity contribution in [1.82, 2.24) is 10.2 Å². The first kappa shape index (κ1) is 14.0. The highest BCUT2D eigenvalue weighted by atomic mass is 32.1. The van der Waals surface area contributed by atoms with Gasteiger partial charge in [-0.2, -0.15) is 0 Å². The third-order valence-corrected chi connectivity index (χ3v) is 4.30. The number of amides is 1. The van der Waals surface area contributed by atoms with Gasteiger partial charge in [-0.05, 0) is 25.0 Å². The van der Waals surface area contributed by atoms with Crippen molar-refractivity contribution in [2.75, 3.05) is 13.1 Å². The number of carbonyl (C=O) groups is 2. The fourth-order valence-electron chi connectivity index (χ4n) is 2.32. The molecule has 104 valence electrons. The zero-order valence-corrected chi connectivity index (χ0v) is 11.7. The van der Waals surface area contributed by atoms with Gasteiger partial charge in [0, 0.05) is 37.5 Å². The second kappa shape index (κ2) is 6.16. The number of piperidine rings is 1. The molecule has 0 bridgehead atoms. The van der Waals surface area contributed by atoms with E-state index in [9.17, 15) is 9.59 Å². The normalized spacial score (nSPS) is 17.3. The lowest BCUT2D eigenvalue weighted by Gasteiger charge is -2.31. The predicted molar refractivity (Wildman–Crippen MR) is 73.4 cm³/mol. The van der Waals surface area contributed by atoms with Crippen LogP contribution in [0.2, 0.25) is 0 Å². The molecule has 2 N–H and O–H groups in total. The molecule has 2 heterocycles. The van der Waals surface area contributed by atoms with Gasteiger partial charge in [0.15, 0.2) is 0 Å². The van der Waals surface area contributed by atoms with Crippen molar-refractivity contribution in [3.8, 4) is 0 Å². The highest BCUT2D eigenvalue weighted by Crippen LogP contribution is 2.20. The van der Waals surface area contributed by atoms with Gasteiger partial charge >= 0.3 is 5.97 Å². The van der Waals surface area contributed by atoms with Crippen LogP contribution in [0.4, 0.5) is 0 Å². The molecule has 0 spiro atoms. The van der Waals surface area contributed by atoms with Gasteiger partial charge in [0.1, 0.15) is 4.88 Å². The van der Waals surface area contributed by atoms with Crippen molar-refractivity contribution >= 4 is 23.2 Å². The lowest BCUT2D eigenvalue weighted by atomic mass is 10.1. The van der Waals surface area contributed by atoms with Crippen LogP contribution in [0.5, 0.6) is 0 Å². The molecule has 1 aliphatic rings. The molecule has 1 aliphatic heterocycles. The minimum absolute atomic E-state index is 0.0304. The van der Waals surface area contributed by atoms with Gasteiger partial charge in [-0.25, -0.2) is 4.79 Å². The van der Waals surface area contributed by atoms with Gasteiger partial charge < -0.3 is 10.4 Å². The summed E-state index contributed by atoms with van der Waals surface area (Å²) in [6.07, 6.45) is 1.91. The molecule has 5 nitrogen and oxygen atoms in total. The molecule has 6 heteroatoms. The van der Waals surface area contributed by atoms with E-state index >= 15 is 0 Å². The van der Waals surface area contributed by atoms with Crippen LogP contribution in [0.3, 0.4) is 0 Å². The van der Waals surface area contributed by atoms with E-state index in [0.717, 1.165) is 37.4 Å². The van der Waals surface area contributed by atoms with E-state index in [-0.39, 0.29) is 11.9 Å². The summed E-state index contributed by atoms with van der Waals surface area (Å²) in [5, 5.41) is 11.8. The van der Waals surface area contributed by atoms with E-state index in [2.05, 4.69) is 10.2 Å². The van der Waals surface area contributed by atoms with Crippen molar-refractivity contribution in [2.24, 2.45) is 0 Å². The van der Waals surface area contributed by atoms with Crippen molar-refractivity contribution in [1.29, 1.82) is 0 Å². The summed E-state index contributed by atoms with van der Waals surface area (Å²) >= 11 is 1.34. The smallest absolute Gasteiger partial charge is 0.345 e. The Morgan fingerprint density at radius 1 is 1.42 bits per heavy atom. The molecule has 1 amide bonds. The minimum Gasteiger partial charge on any atom is -0.477 e. The maximum Gasteiger partial charge on any atom is 0.345 e. The summed E-state index contributed by atoms with van der Waals surface area (Å²) < 4.78 is 0. The first-order valence-corrected chi connectivity index (χ1v) is 7.17. The molecule has 1 saturated heterocycles. The SMILES string of the molecule is CC(=O)NC1CCN(Cc2ccc(C(=O)O)s2)CC1. The van der Waals surface area contributed by atoms with Crippen LogP contribution in [-0.4, -0.2) is 41.0 Å². The van der Waals surface area contributed by atoms with Crippen molar-refractivity contribution in [3.05, 3.63) is 21.9 Å². The molecule has 1 aromatic heterocycles. The Labute approximate surface area is 116 Å². The summed E-state index contributed by atoms with van der Waals surface area (Å²) in [5.74, 6) is -0.830. The molecular formula is C13H18N2O3S. The van der Waals surface area contributed by atoms with Crippen LogP contribution in [0.1, 0.15) is 34.3 Å². The van der Waals surface area contributed by atoms with E-state index in [1.54, 1.807) is 13.0 Å². The first-order chi connectivity index (χ1) is 9.04. The number of aromatic carboxylic acids is 1. The average molecular weight is 282 g/mol. The molecule has 0 aliphatic carbocycles. The van der Waals surface area contributed by atoms with Crippen molar-refractivity contribution < 1.29 is 14.7 Å². The van der Waals surface area contributed by atoms with Gasteiger partial charge in [0.05, 0.1) is 0 Å². The molecule has 0 unspecified atom stereocenters. The van der Waals surface area contributed by atoms with E-state index in [0.29, 0.717) is 4.88 Å². The van der Waals surface area contributed by atoms with E-state index in [1.807, 2.05) is 6.07 Å². The van der Waals surface area contributed by atoms with Gasteiger partial charge in [0.25, 0.3) is 0 Å². The molecular weight excluding hydrogens is 264 g/mol. The Bertz CT molecular complexity index is 464. The average Bonchev–Trinajstić information content (AvgIpc) is 2.80. The summed E-state index contributed by atoms with van der Waals surface area (Å²) in [4.78, 5) is 25.6. The summed E-state index contributed by atoms with van der Waals surface area (Å²) in [5.41, 5.74) is 0. The highest BCUT2D eigenvalue weighted by Gasteiger charge is 2.20. The number of hydrogen-bond donors (Lipinski definition) is 2. The van der Waals surface area contributed by atoms with Crippen molar-refractivity contribution in [3.63, 3.8) is 0 Å². The lowest BCUT2D eigenvalue weighted by Crippen LogP contribution is -2.43. The number of hydrogen-bond acceptors (Lipinski definition) is 4. The minimum atomic E-state index is -0.861. The standard InChI is InChI=1S/C13H18N2O3S/c1-9(16)14-10-4-6-15(7-5-10)8-11-2-3-12(19-11)13(17)18/h2-3,10H,4-8H2,1H3,(H,14,16)(H,17,18). The third kappa shape index (κ3) is 4.04. The summed E-state index contributed by atoms with van der Waals surface area (Å²) in [7, 11) is 0. The van der Waals surface area contributed by atoms with Gasteiger partial charge in [-0.3, -0.25) is 9.69 Å². The second-order valence-corrected chi connectivity index (χ2v) is 5.99. The molecule has 0 saturated carbocycles. The maximum atomic E-state index is 11.0. The van der Waals surface area contributed by atoms with Crippen LogP contribution in [0.25, 0.3) is 0 Å². The zero-order valence-electron chi connectivity index (χ0n) is 10.9. The number of nitrogens with zero attached hydrogens (tertiary/aromatic N) is 1. The fraction of sp³-hybridized carbons (Fsp3) is 0.538. The molecule has 2 rings (SSSR count). The van der Waals surface area contributed by atoms with Crippen LogP contribution < -0.4 is 5.32 Å². The predicted octanol–water partition coefficient (Wildman–Crippen LogP) is 1.55. The lowest BCUT2D eigenvalue weighted by molar-refractivity contribution is -0.119. The number of rotatable bonds is 4.